The fraction of sp³-hybridized carbons (Fsp3) is 0.154. The molecule has 1 aromatic carbocycles. The van der Waals surface area contributed by atoms with Gasteiger partial charge in [-0.25, -0.2) is 9.37 Å². The van der Waals surface area contributed by atoms with Gasteiger partial charge in [0.1, 0.15) is 11.6 Å². The Kier molecular flexibility index (Phi) is 4.47. The lowest BCUT2D eigenvalue weighted by molar-refractivity contribution is 0.548. The van der Waals surface area contributed by atoms with Crippen molar-refractivity contribution >= 4 is 21.7 Å². The first-order valence-corrected chi connectivity index (χ1v) is 6.51. The number of nitrogens with one attached hydrogen (secondary N) is 1. The highest BCUT2D eigenvalue weighted by atomic mass is 79.9. The molecule has 0 aliphatic carbocycles. The molecular formula is C13H14BrFN4. The molecule has 0 radical (unpaired) electrons. The summed E-state index contributed by atoms with van der Waals surface area (Å²) in [5, 5.41) is 0. The van der Waals surface area contributed by atoms with Gasteiger partial charge in [-0.05, 0) is 57.7 Å². The predicted octanol–water partition coefficient (Wildman–Crippen LogP) is 2.31. The number of benzene rings is 1. The van der Waals surface area contributed by atoms with Crippen LogP contribution >= 0.6 is 15.9 Å². The normalized spacial score (nSPS) is 12.4. The molecule has 19 heavy (non-hydrogen) atoms. The topological polar surface area (TPSA) is 77.0 Å². The molecule has 1 aromatic heterocycles. The molecule has 2 rings (SSSR count). The molecule has 0 fully saturated rings. The second-order valence-corrected chi connectivity index (χ2v) is 5.04. The minimum atomic E-state index is -0.298. The van der Waals surface area contributed by atoms with E-state index >= 15 is 0 Å². The third kappa shape index (κ3) is 3.50. The van der Waals surface area contributed by atoms with Gasteiger partial charge >= 0.3 is 0 Å². The van der Waals surface area contributed by atoms with Gasteiger partial charge in [0.2, 0.25) is 0 Å². The van der Waals surface area contributed by atoms with Crippen molar-refractivity contribution in [2.75, 3.05) is 5.73 Å². The highest BCUT2D eigenvalue weighted by molar-refractivity contribution is 9.10. The van der Waals surface area contributed by atoms with Crippen LogP contribution in [0.4, 0.5) is 10.2 Å². The molecule has 5 N–H and O–H groups in total. The number of hydrogen-bond donors (Lipinski definition) is 3. The van der Waals surface area contributed by atoms with Crippen molar-refractivity contribution in [3.05, 3.63) is 57.9 Å². The summed E-state index contributed by atoms with van der Waals surface area (Å²) in [6.45, 7) is 0. The SMILES string of the molecule is NNC(Cc1ccnc(N)c1)c1ccc(F)c(Br)c1. The van der Waals surface area contributed by atoms with E-state index in [1.54, 1.807) is 24.4 Å². The maximum atomic E-state index is 13.2. The van der Waals surface area contributed by atoms with E-state index in [2.05, 4.69) is 26.3 Å². The number of hydrazine groups is 1. The Labute approximate surface area is 119 Å². The molecule has 1 heterocycles. The van der Waals surface area contributed by atoms with Gasteiger partial charge in [0, 0.05) is 6.20 Å². The summed E-state index contributed by atoms with van der Waals surface area (Å²) >= 11 is 3.17. The standard InChI is InChI=1S/C13H14BrFN4/c14-10-7-9(1-2-11(10)15)12(19-17)5-8-3-4-18-13(16)6-8/h1-4,6-7,12,19H,5,17H2,(H2,16,18). The molecule has 100 valence electrons. The van der Waals surface area contributed by atoms with E-state index < -0.39 is 0 Å². The number of anilines is 1. The Morgan fingerprint density at radius 2 is 2.11 bits per heavy atom. The van der Waals surface area contributed by atoms with Gasteiger partial charge in [-0.3, -0.25) is 11.3 Å². The lowest BCUT2D eigenvalue weighted by Crippen LogP contribution is -2.29. The summed E-state index contributed by atoms with van der Waals surface area (Å²) in [4.78, 5) is 3.94. The number of pyridine rings is 1. The number of hydrogen-bond acceptors (Lipinski definition) is 4. The van der Waals surface area contributed by atoms with E-state index in [0.29, 0.717) is 16.7 Å². The van der Waals surface area contributed by atoms with Crippen molar-refractivity contribution in [3.63, 3.8) is 0 Å². The average Bonchev–Trinajstić information content (AvgIpc) is 2.39. The van der Waals surface area contributed by atoms with E-state index in [1.165, 1.54) is 6.07 Å². The highest BCUT2D eigenvalue weighted by Crippen LogP contribution is 2.23. The van der Waals surface area contributed by atoms with Gasteiger partial charge in [0.15, 0.2) is 0 Å². The Bertz CT molecular complexity index is 576. The lowest BCUT2D eigenvalue weighted by Gasteiger charge is -2.17. The zero-order valence-electron chi connectivity index (χ0n) is 10.1. The first-order valence-electron chi connectivity index (χ1n) is 5.71. The summed E-state index contributed by atoms with van der Waals surface area (Å²) < 4.78 is 13.6. The second kappa shape index (κ2) is 6.10. The molecule has 2 aromatic rings. The van der Waals surface area contributed by atoms with Crippen LogP contribution in [0.5, 0.6) is 0 Å². The quantitative estimate of drug-likeness (QED) is 0.595. The van der Waals surface area contributed by atoms with Crippen LogP contribution in [-0.4, -0.2) is 4.98 Å². The Balaban J connectivity index is 2.22. The fourth-order valence-corrected chi connectivity index (χ4v) is 2.26. The fourth-order valence-electron chi connectivity index (χ4n) is 1.86. The molecule has 0 bridgehead atoms. The summed E-state index contributed by atoms with van der Waals surface area (Å²) in [5.74, 6) is 5.74. The third-order valence-electron chi connectivity index (χ3n) is 2.83. The van der Waals surface area contributed by atoms with Crippen LogP contribution in [0.25, 0.3) is 0 Å². The molecule has 0 aliphatic heterocycles. The van der Waals surface area contributed by atoms with Crippen LogP contribution in [0.1, 0.15) is 17.2 Å². The smallest absolute Gasteiger partial charge is 0.137 e. The molecule has 0 saturated heterocycles. The van der Waals surface area contributed by atoms with Crippen molar-refractivity contribution in [3.8, 4) is 0 Å². The lowest BCUT2D eigenvalue weighted by atomic mass is 10.00. The predicted molar refractivity (Wildman–Crippen MR) is 76.5 cm³/mol. The zero-order valence-corrected chi connectivity index (χ0v) is 11.7. The maximum absolute atomic E-state index is 13.2. The Morgan fingerprint density at radius 1 is 1.32 bits per heavy atom. The van der Waals surface area contributed by atoms with E-state index in [-0.39, 0.29) is 11.9 Å². The number of nitrogens with zero attached hydrogens (tertiary/aromatic N) is 1. The Morgan fingerprint density at radius 3 is 2.74 bits per heavy atom. The van der Waals surface area contributed by atoms with E-state index in [0.717, 1.165) is 11.1 Å². The Hall–Kier alpha value is -1.50. The van der Waals surface area contributed by atoms with Crippen molar-refractivity contribution in [1.29, 1.82) is 0 Å². The van der Waals surface area contributed by atoms with Crippen molar-refractivity contribution in [2.24, 2.45) is 5.84 Å². The van der Waals surface area contributed by atoms with E-state index in [4.69, 9.17) is 11.6 Å². The van der Waals surface area contributed by atoms with Crippen LogP contribution in [0, 0.1) is 5.82 Å². The van der Waals surface area contributed by atoms with E-state index in [1.807, 2.05) is 6.07 Å². The number of nitrogen functional groups attached to an aromatic ring is 1. The summed E-state index contributed by atoms with van der Waals surface area (Å²) in [7, 11) is 0. The second-order valence-electron chi connectivity index (χ2n) is 4.19. The first-order chi connectivity index (χ1) is 9.10. The maximum Gasteiger partial charge on any atom is 0.137 e. The average molecular weight is 325 g/mol. The van der Waals surface area contributed by atoms with Crippen LogP contribution in [-0.2, 0) is 6.42 Å². The van der Waals surface area contributed by atoms with Crippen LogP contribution in [0.15, 0.2) is 41.0 Å². The summed E-state index contributed by atoms with van der Waals surface area (Å²) in [6, 6.07) is 8.37. The van der Waals surface area contributed by atoms with Crippen molar-refractivity contribution in [1.82, 2.24) is 10.4 Å². The monoisotopic (exact) mass is 324 g/mol. The van der Waals surface area contributed by atoms with Gasteiger partial charge in [0.05, 0.1) is 10.5 Å². The molecule has 1 unspecified atom stereocenters. The number of rotatable bonds is 4. The first kappa shape index (κ1) is 13.9. The molecule has 4 nitrogen and oxygen atoms in total. The van der Waals surface area contributed by atoms with Crippen molar-refractivity contribution in [2.45, 2.75) is 12.5 Å². The molecule has 6 heteroatoms. The van der Waals surface area contributed by atoms with Crippen LogP contribution in [0.2, 0.25) is 0 Å². The van der Waals surface area contributed by atoms with Gasteiger partial charge in [-0.2, -0.15) is 0 Å². The van der Waals surface area contributed by atoms with Crippen molar-refractivity contribution < 1.29 is 4.39 Å². The minimum absolute atomic E-state index is 0.126. The molecular weight excluding hydrogens is 311 g/mol. The number of aromatic nitrogens is 1. The van der Waals surface area contributed by atoms with Gasteiger partial charge in [0.25, 0.3) is 0 Å². The van der Waals surface area contributed by atoms with Crippen LogP contribution in [0.3, 0.4) is 0 Å². The summed E-state index contributed by atoms with van der Waals surface area (Å²) in [5.41, 5.74) is 10.3. The molecule has 0 spiro atoms. The highest BCUT2D eigenvalue weighted by Gasteiger charge is 2.12. The van der Waals surface area contributed by atoms with E-state index in [9.17, 15) is 4.39 Å². The zero-order chi connectivity index (χ0) is 13.8. The van der Waals surface area contributed by atoms with Gasteiger partial charge < -0.3 is 5.73 Å². The number of halogens is 2. The number of nitrogens with two attached hydrogens (primary N) is 2. The molecule has 0 amide bonds. The van der Waals surface area contributed by atoms with Crippen LogP contribution < -0.4 is 17.0 Å². The molecule has 0 aliphatic rings. The largest absolute Gasteiger partial charge is 0.384 e. The minimum Gasteiger partial charge on any atom is -0.384 e. The molecule has 1 atom stereocenters. The van der Waals surface area contributed by atoms with Gasteiger partial charge in [-0.15, -0.1) is 0 Å². The van der Waals surface area contributed by atoms with Gasteiger partial charge in [-0.1, -0.05) is 6.07 Å². The summed E-state index contributed by atoms with van der Waals surface area (Å²) in [6.07, 6.45) is 2.29. The third-order valence-corrected chi connectivity index (χ3v) is 3.44. The molecule has 0 saturated carbocycles.